The van der Waals surface area contributed by atoms with E-state index in [4.69, 9.17) is 9.47 Å². The number of nitrogens with zero attached hydrogens (tertiary/aromatic N) is 1. The number of β-amino-alcohol motifs (C(OH)–C–C–N with tert-alkyl or cyclic N) is 1. The molecule has 1 aromatic carbocycles. The van der Waals surface area contributed by atoms with E-state index in [1.54, 1.807) is 6.07 Å². The van der Waals surface area contributed by atoms with Gasteiger partial charge in [0.15, 0.2) is 0 Å². The maximum atomic E-state index is 13.1. The topological polar surface area (TPSA) is 41.9 Å². The Kier molecular flexibility index (Phi) is 5.57. The molecule has 0 saturated carbocycles. The number of aliphatic hydroxyl groups excluding tert-OH is 1. The molecule has 1 aliphatic heterocycles. The summed E-state index contributed by atoms with van der Waals surface area (Å²) in [5.74, 6) is 0.0416. The van der Waals surface area contributed by atoms with Gasteiger partial charge in [0.05, 0.1) is 13.2 Å². The van der Waals surface area contributed by atoms with Crippen molar-refractivity contribution in [2.45, 2.75) is 6.10 Å². The van der Waals surface area contributed by atoms with Crippen LogP contribution in [0.1, 0.15) is 0 Å². The summed E-state index contributed by atoms with van der Waals surface area (Å²) in [6.07, 6.45) is -0.597. The molecule has 19 heavy (non-hydrogen) atoms. The molecule has 1 unspecified atom stereocenters. The Bertz CT molecular complexity index is 393. The number of benzene rings is 1. The summed E-state index contributed by atoms with van der Waals surface area (Å²) in [5, 5.41) is 9.89. The standard InChI is InChI=1S/C13H17BrFNO3/c14-10-5-11(15)7-13(6-10)19-9-12(17)8-16-1-3-18-4-2-16/h5-7,12,17H,1-4,8-9H2. The van der Waals surface area contributed by atoms with E-state index in [9.17, 15) is 9.50 Å². The molecule has 1 aliphatic rings. The van der Waals surface area contributed by atoms with Crippen LogP contribution in [0.4, 0.5) is 4.39 Å². The molecule has 0 radical (unpaired) electrons. The van der Waals surface area contributed by atoms with E-state index in [-0.39, 0.29) is 12.4 Å². The lowest BCUT2D eigenvalue weighted by Crippen LogP contribution is -2.42. The predicted molar refractivity (Wildman–Crippen MR) is 72.9 cm³/mol. The molecule has 0 aromatic heterocycles. The van der Waals surface area contributed by atoms with E-state index in [1.165, 1.54) is 12.1 Å². The van der Waals surface area contributed by atoms with Crippen LogP contribution in [0.5, 0.6) is 5.75 Å². The van der Waals surface area contributed by atoms with Gasteiger partial charge in [-0.15, -0.1) is 0 Å². The maximum Gasteiger partial charge on any atom is 0.128 e. The second-order valence-electron chi connectivity index (χ2n) is 4.48. The molecule has 0 spiro atoms. The van der Waals surface area contributed by atoms with Crippen molar-refractivity contribution in [3.63, 3.8) is 0 Å². The molecule has 106 valence electrons. The zero-order chi connectivity index (χ0) is 13.7. The lowest BCUT2D eigenvalue weighted by atomic mass is 10.3. The highest BCUT2D eigenvalue weighted by Gasteiger charge is 2.15. The van der Waals surface area contributed by atoms with E-state index >= 15 is 0 Å². The maximum absolute atomic E-state index is 13.1. The first-order valence-electron chi connectivity index (χ1n) is 6.20. The van der Waals surface area contributed by atoms with Crippen LogP contribution in [-0.4, -0.2) is 55.6 Å². The number of morpholine rings is 1. The summed E-state index contributed by atoms with van der Waals surface area (Å²) in [6.45, 7) is 3.73. The van der Waals surface area contributed by atoms with E-state index in [0.717, 1.165) is 13.1 Å². The first-order valence-corrected chi connectivity index (χ1v) is 7.00. The number of rotatable bonds is 5. The van der Waals surface area contributed by atoms with Gasteiger partial charge in [0.2, 0.25) is 0 Å². The number of hydrogen-bond acceptors (Lipinski definition) is 4. The molecule has 0 aliphatic carbocycles. The van der Waals surface area contributed by atoms with Crippen LogP contribution in [0.2, 0.25) is 0 Å². The summed E-state index contributed by atoms with van der Waals surface area (Å²) in [4.78, 5) is 2.12. The normalized spacial score (nSPS) is 18.3. The molecule has 4 nitrogen and oxygen atoms in total. The molecule has 1 N–H and O–H groups in total. The Morgan fingerprint density at radius 1 is 1.37 bits per heavy atom. The van der Waals surface area contributed by atoms with Crippen LogP contribution >= 0.6 is 15.9 Å². The highest BCUT2D eigenvalue weighted by atomic mass is 79.9. The van der Waals surface area contributed by atoms with Gasteiger partial charge in [-0.1, -0.05) is 15.9 Å². The van der Waals surface area contributed by atoms with Crippen molar-refractivity contribution < 1.29 is 19.0 Å². The third-order valence-electron chi connectivity index (χ3n) is 2.85. The Labute approximate surface area is 120 Å². The molecule has 1 atom stereocenters. The first kappa shape index (κ1) is 14.7. The van der Waals surface area contributed by atoms with Crippen molar-refractivity contribution in [3.8, 4) is 5.75 Å². The van der Waals surface area contributed by atoms with Crippen molar-refractivity contribution in [3.05, 3.63) is 28.5 Å². The minimum atomic E-state index is -0.597. The number of hydrogen-bond donors (Lipinski definition) is 1. The average molecular weight is 334 g/mol. The second-order valence-corrected chi connectivity index (χ2v) is 5.40. The monoisotopic (exact) mass is 333 g/mol. The fourth-order valence-electron chi connectivity index (χ4n) is 1.94. The minimum absolute atomic E-state index is 0.146. The zero-order valence-corrected chi connectivity index (χ0v) is 12.1. The molecular formula is C13H17BrFNO3. The lowest BCUT2D eigenvalue weighted by molar-refractivity contribution is 0.00462. The van der Waals surface area contributed by atoms with E-state index in [1.807, 2.05) is 0 Å². The smallest absolute Gasteiger partial charge is 0.128 e. The van der Waals surface area contributed by atoms with Crippen molar-refractivity contribution in [2.24, 2.45) is 0 Å². The molecular weight excluding hydrogens is 317 g/mol. The van der Waals surface area contributed by atoms with Crippen molar-refractivity contribution in [2.75, 3.05) is 39.5 Å². The van der Waals surface area contributed by atoms with E-state index in [2.05, 4.69) is 20.8 Å². The van der Waals surface area contributed by atoms with Gasteiger partial charge < -0.3 is 14.6 Å². The van der Waals surface area contributed by atoms with Crippen LogP contribution in [-0.2, 0) is 4.74 Å². The Morgan fingerprint density at radius 2 is 2.11 bits per heavy atom. The number of ether oxygens (including phenoxy) is 2. The summed E-state index contributed by atoms with van der Waals surface area (Å²) in [7, 11) is 0. The summed E-state index contributed by atoms with van der Waals surface area (Å²) >= 11 is 3.20. The van der Waals surface area contributed by atoms with Crippen molar-refractivity contribution in [1.82, 2.24) is 4.90 Å². The third kappa shape index (κ3) is 5.06. The minimum Gasteiger partial charge on any atom is -0.491 e. The number of aliphatic hydroxyl groups is 1. The van der Waals surface area contributed by atoms with E-state index in [0.29, 0.717) is 30.0 Å². The lowest BCUT2D eigenvalue weighted by Gasteiger charge is -2.28. The molecule has 1 aromatic rings. The van der Waals surface area contributed by atoms with Gasteiger partial charge in [-0.25, -0.2) is 4.39 Å². The SMILES string of the molecule is OC(COc1cc(F)cc(Br)c1)CN1CCOCC1. The molecule has 1 saturated heterocycles. The number of halogens is 2. The van der Waals surface area contributed by atoms with Gasteiger partial charge in [0, 0.05) is 30.2 Å². The van der Waals surface area contributed by atoms with Gasteiger partial charge in [0.25, 0.3) is 0 Å². The predicted octanol–water partition coefficient (Wildman–Crippen LogP) is 1.66. The van der Waals surface area contributed by atoms with Crippen molar-refractivity contribution >= 4 is 15.9 Å². The highest BCUT2D eigenvalue weighted by molar-refractivity contribution is 9.10. The summed E-state index contributed by atoms with van der Waals surface area (Å²) in [6, 6.07) is 4.33. The van der Waals surface area contributed by atoms with Gasteiger partial charge in [-0.3, -0.25) is 4.90 Å². The molecule has 1 fully saturated rings. The fraction of sp³-hybridized carbons (Fsp3) is 0.538. The Morgan fingerprint density at radius 3 is 2.79 bits per heavy atom. The Hall–Kier alpha value is -0.690. The van der Waals surface area contributed by atoms with Gasteiger partial charge in [-0.2, -0.15) is 0 Å². The molecule has 0 bridgehead atoms. The molecule has 6 heteroatoms. The van der Waals surface area contributed by atoms with Crippen LogP contribution in [0.25, 0.3) is 0 Å². The van der Waals surface area contributed by atoms with Crippen molar-refractivity contribution in [1.29, 1.82) is 0 Å². The van der Waals surface area contributed by atoms with Crippen LogP contribution < -0.4 is 4.74 Å². The quantitative estimate of drug-likeness (QED) is 0.889. The van der Waals surface area contributed by atoms with Crippen LogP contribution in [0, 0.1) is 5.82 Å². The zero-order valence-electron chi connectivity index (χ0n) is 10.5. The largest absolute Gasteiger partial charge is 0.491 e. The highest BCUT2D eigenvalue weighted by Crippen LogP contribution is 2.20. The van der Waals surface area contributed by atoms with Crippen LogP contribution in [0.3, 0.4) is 0 Å². The molecule has 1 heterocycles. The average Bonchev–Trinajstić information content (AvgIpc) is 2.36. The van der Waals surface area contributed by atoms with Gasteiger partial charge in [0.1, 0.15) is 24.3 Å². The Balaban J connectivity index is 1.77. The van der Waals surface area contributed by atoms with Gasteiger partial charge >= 0.3 is 0 Å². The second kappa shape index (κ2) is 7.19. The van der Waals surface area contributed by atoms with E-state index < -0.39 is 6.10 Å². The molecule has 0 amide bonds. The van der Waals surface area contributed by atoms with Crippen LogP contribution in [0.15, 0.2) is 22.7 Å². The third-order valence-corrected chi connectivity index (χ3v) is 3.31. The summed E-state index contributed by atoms with van der Waals surface area (Å²) in [5.41, 5.74) is 0. The molecule has 2 rings (SSSR count). The first-order chi connectivity index (χ1) is 9.13. The summed E-state index contributed by atoms with van der Waals surface area (Å²) < 4.78 is 24.4. The fourth-order valence-corrected chi connectivity index (χ4v) is 2.38. The van der Waals surface area contributed by atoms with Gasteiger partial charge in [-0.05, 0) is 12.1 Å².